The van der Waals surface area contributed by atoms with E-state index in [1.807, 2.05) is 6.07 Å². The lowest BCUT2D eigenvalue weighted by molar-refractivity contribution is 0.616. The third-order valence-corrected chi connectivity index (χ3v) is 2.83. The molecular weight excluding hydrogens is 283 g/mol. The van der Waals surface area contributed by atoms with Gasteiger partial charge in [0.2, 0.25) is 5.28 Å². The monoisotopic (exact) mass is 290 g/mol. The molecule has 0 radical (unpaired) electrons. The van der Waals surface area contributed by atoms with Crippen LogP contribution in [0, 0.1) is 5.82 Å². The predicted molar refractivity (Wildman–Crippen MR) is 71.2 cm³/mol. The summed E-state index contributed by atoms with van der Waals surface area (Å²) in [7, 11) is 0. The maximum absolute atomic E-state index is 13.7. The maximum Gasteiger partial charge on any atom is 0.223 e. The van der Waals surface area contributed by atoms with E-state index in [-0.39, 0.29) is 16.8 Å². The van der Waals surface area contributed by atoms with Crippen LogP contribution in [0.2, 0.25) is 5.28 Å². The van der Waals surface area contributed by atoms with Gasteiger partial charge in [-0.2, -0.15) is 0 Å². The summed E-state index contributed by atoms with van der Waals surface area (Å²) in [5.74, 6) is -0.542. The Balaban J connectivity index is 2.15. The highest BCUT2D eigenvalue weighted by atomic mass is 35.5. The number of aromatic nitrogens is 5. The van der Waals surface area contributed by atoms with Crippen molar-refractivity contribution in [3.63, 3.8) is 0 Å². The average molecular weight is 291 g/mol. The quantitative estimate of drug-likeness (QED) is 0.723. The Morgan fingerprint density at radius 2 is 1.95 bits per heavy atom. The average Bonchev–Trinajstić information content (AvgIpc) is 2.48. The van der Waals surface area contributed by atoms with Crippen LogP contribution in [0.1, 0.15) is 5.56 Å². The van der Waals surface area contributed by atoms with Crippen molar-refractivity contribution in [1.82, 2.24) is 24.9 Å². The fourth-order valence-electron chi connectivity index (χ4n) is 1.70. The molecule has 0 aliphatic rings. The van der Waals surface area contributed by atoms with E-state index >= 15 is 0 Å². The largest absolute Gasteiger partial charge is 0.326 e. The Bertz CT molecular complexity index is 794. The third kappa shape index (κ3) is 2.28. The van der Waals surface area contributed by atoms with Crippen molar-refractivity contribution < 1.29 is 4.39 Å². The lowest BCUT2D eigenvalue weighted by Gasteiger charge is -2.03. The van der Waals surface area contributed by atoms with Crippen molar-refractivity contribution >= 4 is 22.6 Å². The van der Waals surface area contributed by atoms with Gasteiger partial charge in [-0.25, -0.2) is 29.3 Å². The first-order valence-corrected chi connectivity index (χ1v) is 6.05. The first-order chi connectivity index (χ1) is 9.67. The first kappa shape index (κ1) is 12.8. The van der Waals surface area contributed by atoms with E-state index in [1.54, 1.807) is 12.4 Å². The van der Waals surface area contributed by atoms with E-state index in [2.05, 4.69) is 24.9 Å². The van der Waals surface area contributed by atoms with Crippen LogP contribution in [0.15, 0.2) is 24.7 Å². The summed E-state index contributed by atoms with van der Waals surface area (Å²) in [6.45, 7) is 0.376. The molecule has 20 heavy (non-hydrogen) atoms. The van der Waals surface area contributed by atoms with Crippen molar-refractivity contribution in [1.29, 1.82) is 0 Å². The molecule has 3 aromatic rings. The molecule has 8 heteroatoms. The van der Waals surface area contributed by atoms with Gasteiger partial charge in [0, 0.05) is 24.3 Å². The van der Waals surface area contributed by atoms with Crippen LogP contribution in [-0.4, -0.2) is 24.9 Å². The highest BCUT2D eigenvalue weighted by Crippen LogP contribution is 2.19. The van der Waals surface area contributed by atoms with Crippen LogP contribution in [0.3, 0.4) is 0 Å². The van der Waals surface area contributed by atoms with E-state index in [4.69, 9.17) is 17.3 Å². The molecule has 0 fully saturated rings. The number of pyridine rings is 1. The molecule has 0 bridgehead atoms. The molecule has 0 spiro atoms. The van der Waals surface area contributed by atoms with Crippen LogP contribution >= 0.6 is 11.6 Å². The Morgan fingerprint density at radius 1 is 1.10 bits per heavy atom. The summed E-state index contributed by atoms with van der Waals surface area (Å²) in [4.78, 5) is 19.7. The second-order valence-electron chi connectivity index (χ2n) is 3.99. The summed E-state index contributed by atoms with van der Waals surface area (Å²) in [6, 6.07) is 1.83. The summed E-state index contributed by atoms with van der Waals surface area (Å²) in [5, 5.41) is 0.647. The van der Waals surface area contributed by atoms with Crippen LogP contribution < -0.4 is 5.73 Å². The second-order valence-corrected chi connectivity index (χ2v) is 4.33. The SMILES string of the molecule is NCc1cnc2nc(-c3nc(Cl)ncc3F)ncc2c1. The van der Waals surface area contributed by atoms with Crippen molar-refractivity contribution in [3.8, 4) is 11.5 Å². The van der Waals surface area contributed by atoms with Gasteiger partial charge in [0.15, 0.2) is 17.3 Å². The molecule has 0 amide bonds. The highest BCUT2D eigenvalue weighted by molar-refractivity contribution is 6.28. The van der Waals surface area contributed by atoms with E-state index in [0.717, 1.165) is 17.1 Å². The molecular formula is C12H8ClFN6. The van der Waals surface area contributed by atoms with Gasteiger partial charge in [-0.3, -0.25) is 0 Å². The van der Waals surface area contributed by atoms with Gasteiger partial charge in [-0.15, -0.1) is 0 Å². The van der Waals surface area contributed by atoms with Crippen LogP contribution in [0.25, 0.3) is 22.6 Å². The number of rotatable bonds is 2. The fraction of sp³-hybridized carbons (Fsp3) is 0.0833. The molecule has 0 aromatic carbocycles. The molecule has 100 valence electrons. The molecule has 0 saturated heterocycles. The Morgan fingerprint density at radius 3 is 2.75 bits per heavy atom. The fourth-order valence-corrected chi connectivity index (χ4v) is 1.83. The predicted octanol–water partition coefficient (Wildman–Crippen LogP) is 1.73. The summed E-state index contributed by atoms with van der Waals surface area (Å²) in [5.41, 5.74) is 6.78. The van der Waals surface area contributed by atoms with Crippen molar-refractivity contribution in [2.75, 3.05) is 0 Å². The van der Waals surface area contributed by atoms with Crippen LogP contribution in [0.4, 0.5) is 4.39 Å². The molecule has 3 heterocycles. The Hall–Kier alpha value is -2.25. The van der Waals surface area contributed by atoms with Gasteiger partial charge in [-0.1, -0.05) is 0 Å². The topological polar surface area (TPSA) is 90.5 Å². The molecule has 0 atom stereocenters. The number of nitrogens with zero attached hydrogens (tertiary/aromatic N) is 5. The molecule has 6 nitrogen and oxygen atoms in total. The molecule has 0 unspecified atom stereocenters. The molecule has 0 aliphatic heterocycles. The van der Waals surface area contributed by atoms with Gasteiger partial charge in [-0.05, 0) is 23.2 Å². The minimum Gasteiger partial charge on any atom is -0.326 e. The molecule has 0 aliphatic carbocycles. The third-order valence-electron chi connectivity index (χ3n) is 2.65. The summed E-state index contributed by atoms with van der Waals surface area (Å²) in [6.07, 6.45) is 4.13. The zero-order valence-electron chi connectivity index (χ0n) is 10.1. The van der Waals surface area contributed by atoms with Crippen molar-refractivity contribution in [2.45, 2.75) is 6.54 Å². The number of hydrogen-bond donors (Lipinski definition) is 1. The van der Waals surface area contributed by atoms with Gasteiger partial charge in [0.05, 0.1) is 6.20 Å². The zero-order valence-corrected chi connectivity index (χ0v) is 10.8. The number of hydrogen-bond acceptors (Lipinski definition) is 6. The molecule has 3 aromatic heterocycles. The highest BCUT2D eigenvalue weighted by Gasteiger charge is 2.12. The maximum atomic E-state index is 13.7. The standard InChI is InChI=1S/C12H8ClFN6/c13-12-18-5-8(14)9(19-12)11-17-4-7-1-6(2-15)3-16-10(7)20-11/h1,3-5H,2,15H2. The minimum atomic E-state index is -0.646. The second kappa shape index (κ2) is 5.03. The van der Waals surface area contributed by atoms with Crippen molar-refractivity contribution in [2.24, 2.45) is 5.73 Å². The number of fused-ring (bicyclic) bond motifs is 1. The van der Waals surface area contributed by atoms with Gasteiger partial charge >= 0.3 is 0 Å². The van der Waals surface area contributed by atoms with E-state index in [0.29, 0.717) is 12.2 Å². The van der Waals surface area contributed by atoms with Gasteiger partial charge < -0.3 is 5.73 Å². The van der Waals surface area contributed by atoms with Crippen LogP contribution in [-0.2, 0) is 6.54 Å². The van der Waals surface area contributed by atoms with Gasteiger partial charge in [0.25, 0.3) is 0 Å². The minimum absolute atomic E-state index is 0.0587. The van der Waals surface area contributed by atoms with E-state index in [9.17, 15) is 4.39 Å². The number of nitrogens with two attached hydrogens (primary N) is 1. The van der Waals surface area contributed by atoms with E-state index in [1.165, 1.54) is 0 Å². The number of halogens is 2. The summed E-state index contributed by atoms with van der Waals surface area (Å²) >= 11 is 5.65. The molecule has 2 N–H and O–H groups in total. The smallest absolute Gasteiger partial charge is 0.223 e. The van der Waals surface area contributed by atoms with Crippen molar-refractivity contribution in [3.05, 3.63) is 41.3 Å². The van der Waals surface area contributed by atoms with E-state index < -0.39 is 5.82 Å². The summed E-state index contributed by atoms with van der Waals surface area (Å²) < 4.78 is 13.7. The molecule has 0 saturated carbocycles. The Labute approximate surface area is 117 Å². The lowest BCUT2D eigenvalue weighted by atomic mass is 10.2. The lowest BCUT2D eigenvalue weighted by Crippen LogP contribution is -2.00. The first-order valence-electron chi connectivity index (χ1n) is 5.67. The van der Waals surface area contributed by atoms with Crippen LogP contribution in [0.5, 0.6) is 0 Å². The Kier molecular flexibility index (Phi) is 3.21. The normalized spacial score (nSPS) is 10.9. The van der Waals surface area contributed by atoms with Gasteiger partial charge in [0.1, 0.15) is 5.69 Å². The molecule has 3 rings (SSSR count). The zero-order chi connectivity index (χ0) is 14.1.